The minimum atomic E-state index is -0.397. The summed E-state index contributed by atoms with van der Waals surface area (Å²) < 4.78 is 14.0. The highest BCUT2D eigenvalue weighted by Gasteiger charge is 2.10. The van der Waals surface area contributed by atoms with Crippen molar-refractivity contribution in [3.8, 4) is 0 Å². The van der Waals surface area contributed by atoms with Crippen LogP contribution < -0.4 is 10.6 Å². The molecular weight excluding hydrogens is 411 g/mol. The first kappa shape index (κ1) is 18.7. The lowest BCUT2D eigenvalue weighted by molar-refractivity contribution is 0.0977. The number of hydrogen-bond acceptors (Lipinski definition) is 3. The Hall–Kier alpha value is -3.06. The van der Waals surface area contributed by atoms with Crippen LogP contribution in [-0.2, 0) is 6.54 Å². The standard InChI is InChI=1S/C20H16BrFN4O/c21-16-3-7-18(8-4-16)25-20(24-13-14-9-11-23-12-10-14)26-19(27)15-1-5-17(22)6-2-15/h1-12H,13H2,(H2,24,25,26,27). The van der Waals surface area contributed by atoms with E-state index in [1.165, 1.54) is 24.3 Å². The predicted octanol–water partition coefficient (Wildman–Crippen LogP) is 4.38. The molecule has 0 aliphatic rings. The molecule has 0 unspecified atom stereocenters. The van der Waals surface area contributed by atoms with Gasteiger partial charge in [0.1, 0.15) is 5.82 Å². The number of rotatable bonds is 4. The quantitative estimate of drug-likeness (QED) is 0.480. The fourth-order valence-electron chi connectivity index (χ4n) is 2.22. The van der Waals surface area contributed by atoms with Crippen LogP contribution in [0.4, 0.5) is 10.1 Å². The molecule has 2 N–H and O–H groups in total. The van der Waals surface area contributed by atoms with Gasteiger partial charge < -0.3 is 5.32 Å². The van der Waals surface area contributed by atoms with Gasteiger partial charge in [-0.1, -0.05) is 15.9 Å². The molecule has 0 aliphatic heterocycles. The van der Waals surface area contributed by atoms with Crippen LogP contribution in [0.5, 0.6) is 0 Å². The van der Waals surface area contributed by atoms with E-state index < -0.39 is 5.82 Å². The molecule has 0 atom stereocenters. The van der Waals surface area contributed by atoms with E-state index in [0.29, 0.717) is 18.1 Å². The van der Waals surface area contributed by atoms with Gasteiger partial charge in [-0.15, -0.1) is 0 Å². The molecule has 1 aromatic heterocycles. The number of hydrogen-bond donors (Lipinski definition) is 2. The molecule has 7 heteroatoms. The minimum absolute atomic E-state index is 0.295. The number of aromatic nitrogens is 1. The number of anilines is 1. The number of halogens is 2. The van der Waals surface area contributed by atoms with Gasteiger partial charge in [-0.25, -0.2) is 9.38 Å². The second-order valence-corrected chi connectivity index (χ2v) is 6.53. The molecule has 0 saturated heterocycles. The molecule has 136 valence electrons. The number of nitrogens with one attached hydrogen (secondary N) is 2. The van der Waals surface area contributed by atoms with Crippen LogP contribution in [0.1, 0.15) is 15.9 Å². The summed E-state index contributed by atoms with van der Waals surface area (Å²) in [6, 6.07) is 16.5. The highest BCUT2D eigenvalue weighted by atomic mass is 79.9. The van der Waals surface area contributed by atoms with Crippen LogP contribution in [0, 0.1) is 5.82 Å². The van der Waals surface area contributed by atoms with Crippen molar-refractivity contribution in [2.45, 2.75) is 6.54 Å². The second-order valence-electron chi connectivity index (χ2n) is 5.61. The normalized spacial score (nSPS) is 11.1. The molecule has 2 aromatic carbocycles. The highest BCUT2D eigenvalue weighted by Crippen LogP contribution is 2.14. The fourth-order valence-corrected chi connectivity index (χ4v) is 2.48. The lowest BCUT2D eigenvalue weighted by Gasteiger charge is -2.12. The zero-order valence-corrected chi connectivity index (χ0v) is 15.8. The molecule has 0 spiro atoms. The Bertz CT molecular complexity index is 928. The molecule has 5 nitrogen and oxygen atoms in total. The average molecular weight is 427 g/mol. The summed E-state index contributed by atoms with van der Waals surface area (Å²) in [5.74, 6) is -0.484. The third-order valence-electron chi connectivity index (χ3n) is 3.61. The summed E-state index contributed by atoms with van der Waals surface area (Å²) >= 11 is 3.39. The van der Waals surface area contributed by atoms with Crippen LogP contribution in [0.25, 0.3) is 0 Å². The van der Waals surface area contributed by atoms with E-state index in [4.69, 9.17) is 0 Å². The highest BCUT2D eigenvalue weighted by molar-refractivity contribution is 9.10. The molecule has 27 heavy (non-hydrogen) atoms. The summed E-state index contributed by atoms with van der Waals surface area (Å²) in [5, 5.41) is 5.83. The Kier molecular flexibility index (Phi) is 6.27. The molecule has 0 aliphatic carbocycles. The average Bonchev–Trinajstić information content (AvgIpc) is 2.69. The zero-order valence-electron chi connectivity index (χ0n) is 14.2. The van der Waals surface area contributed by atoms with Crippen molar-refractivity contribution < 1.29 is 9.18 Å². The third-order valence-corrected chi connectivity index (χ3v) is 4.14. The van der Waals surface area contributed by atoms with E-state index in [1.54, 1.807) is 12.4 Å². The first-order chi connectivity index (χ1) is 13.1. The molecule has 3 aromatic rings. The van der Waals surface area contributed by atoms with Gasteiger partial charge in [0, 0.05) is 28.1 Å². The largest absolute Gasteiger partial charge is 0.326 e. The van der Waals surface area contributed by atoms with E-state index in [0.717, 1.165) is 15.7 Å². The smallest absolute Gasteiger partial charge is 0.257 e. The molecule has 0 fully saturated rings. The van der Waals surface area contributed by atoms with Gasteiger partial charge >= 0.3 is 0 Å². The van der Waals surface area contributed by atoms with Gasteiger partial charge in [-0.05, 0) is 66.2 Å². The maximum absolute atomic E-state index is 13.1. The summed E-state index contributed by atoms with van der Waals surface area (Å²) in [6.45, 7) is 0.366. The molecule has 1 heterocycles. The summed E-state index contributed by atoms with van der Waals surface area (Å²) in [7, 11) is 0. The third kappa shape index (κ3) is 5.72. The molecule has 0 radical (unpaired) electrons. The molecule has 3 rings (SSSR count). The van der Waals surface area contributed by atoms with E-state index in [-0.39, 0.29) is 5.91 Å². The van der Waals surface area contributed by atoms with Crippen LogP contribution in [0.3, 0.4) is 0 Å². The van der Waals surface area contributed by atoms with Crippen LogP contribution in [-0.4, -0.2) is 16.9 Å². The number of carbonyl (C=O) groups is 1. The topological polar surface area (TPSA) is 66.4 Å². The van der Waals surface area contributed by atoms with Crippen molar-refractivity contribution in [3.05, 3.63) is 94.5 Å². The summed E-state index contributed by atoms with van der Waals surface area (Å²) in [6.07, 6.45) is 3.37. The summed E-state index contributed by atoms with van der Waals surface area (Å²) in [4.78, 5) is 20.9. The Labute approximate surface area is 164 Å². The van der Waals surface area contributed by atoms with Crippen LogP contribution >= 0.6 is 15.9 Å². The Balaban J connectivity index is 1.78. The van der Waals surface area contributed by atoms with Crippen molar-refractivity contribution in [1.29, 1.82) is 0 Å². The maximum Gasteiger partial charge on any atom is 0.257 e. The lowest BCUT2D eigenvalue weighted by Crippen LogP contribution is -2.36. The number of carbonyl (C=O) groups excluding carboxylic acids is 1. The van der Waals surface area contributed by atoms with E-state index in [2.05, 4.69) is 36.5 Å². The second kappa shape index (κ2) is 9.05. The van der Waals surface area contributed by atoms with E-state index in [9.17, 15) is 9.18 Å². The number of pyridine rings is 1. The van der Waals surface area contributed by atoms with Gasteiger partial charge in [-0.3, -0.25) is 15.1 Å². The lowest BCUT2D eigenvalue weighted by atomic mass is 10.2. The monoisotopic (exact) mass is 426 g/mol. The van der Waals surface area contributed by atoms with Gasteiger partial charge in [0.25, 0.3) is 5.91 Å². The van der Waals surface area contributed by atoms with Crippen LogP contribution in [0.2, 0.25) is 0 Å². The number of nitrogens with zero attached hydrogens (tertiary/aromatic N) is 2. The van der Waals surface area contributed by atoms with Crippen molar-refractivity contribution in [2.24, 2.45) is 4.99 Å². The Morgan fingerprint density at radius 1 is 1.00 bits per heavy atom. The molecular formula is C20H16BrFN4O. The molecule has 1 amide bonds. The number of aliphatic imine (C=N–C) groups is 1. The summed E-state index contributed by atoms with van der Waals surface area (Å²) in [5.41, 5.74) is 2.06. The Morgan fingerprint density at radius 2 is 1.67 bits per heavy atom. The van der Waals surface area contributed by atoms with E-state index in [1.807, 2.05) is 36.4 Å². The van der Waals surface area contributed by atoms with E-state index >= 15 is 0 Å². The van der Waals surface area contributed by atoms with Crippen LogP contribution in [0.15, 0.2) is 82.5 Å². The zero-order chi connectivity index (χ0) is 19.1. The first-order valence-electron chi connectivity index (χ1n) is 8.13. The van der Waals surface area contributed by atoms with Crippen molar-refractivity contribution in [3.63, 3.8) is 0 Å². The van der Waals surface area contributed by atoms with Crippen molar-refractivity contribution in [2.75, 3.05) is 5.32 Å². The number of benzene rings is 2. The molecule has 0 bridgehead atoms. The maximum atomic E-state index is 13.1. The van der Waals surface area contributed by atoms with Crippen molar-refractivity contribution >= 4 is 33.5 Å². The fraction of sp³-hybridized carbons (Fsp3) is 0.0500. The number of amides is 1. The van der Waals surface area contributed by atoms with Gasteiger partial charge in [0.05, 0.1) is 6.54 Å². The number of guanidine groups is 1. The van der Waals surface area contributed by atoms with Gasteiger partial charge in [-0.2, -0.15) is 0 Å². The van der Waals surface area contributed by atoms with Gasteiger partial charge in [0.15, 0.2) is 0 Å². The Morgan fingerprint density at radius 3 is 2.33 bits per heavy atom. The minimum Gasteiger partial charge on any atom is -0.326 e. The SMILES string of the molecule is O=C(NC(=NCc1ccncc1)Nc1ccc(Br)cc1)c1ccc(F)cc1. The first-order valence-corrected chi connectivity index (χ1v) is 8.92. The van der Waals surface area contributed by atoms with Gasteiger partial charge in [0.2, 0.25) is 5.96 Å². The van der Waals surface area contributed by atoms with Crippen molar-refractivity contribution in [1.82, 2.24) is 10.3 Å². The predicted molar refractivity (Wildman–Crippen MR) is 107 cm³/mol. The molecule has 0 saturated carbocycles.